The standard InChI is InChI=1S/C25H25N3O6S/c1-18-7-5-8-19(17-18)22(29)26-23(35(32,33)20-9-3-2-4-10-20)25(31)28-14-12-27(13-15-28)24(30)21-11-6-16-34-21/h2-11,16-17,23H,12-15H2,1H3,(H,26,29)/t23-/m1/s1. The predicted molar refractivity (Wildman–Crippen MR) is 127 cm³/mol. The third-order valence-electron chi connectivity index (χ3n) is 5.76. The van der Waals surface area contributed by atoms with Crippen LogP contribution in [-0.2, 0) is 14.6 Å². The van der Waals surface area contributed by atoms with E-state index in [1.165, 1.54) is 28.2 Å². The summed E-state index contributed by atoms with van der Waals surface area (Å²) >= 11 is 0. The Morgan fingerprint density at radius 2 is 1.57 bits per heavy atom. The number of carbonyl (C=O) groups is 3. The van der Waals surface area contributed by atoms with Crippen LogP contribution in [0, 0.1) is 6.92 Å². The van der Waals surface area contributed by atoms with Gasteiger partial charge in [0.2, 0.25) is 15.2 Å². The van der Waals surface area contributed by atoms with Crippen LogP contribution in [0.1, 0.15) is 26.5 Å². The molecule has 0 saturated carbocycles. The van der Waals surface area contributed by atoms with Crippen molar-refractivity contribution in [1.82, 2.24) is 15.1 Å². The lowest BCUT2D eigenvalue weighted by Gasteiger charge is -2.36. The number of nitrogens with zero attached hydrogens (tertiary/aromatic N) is 2. The summed E-state index contributed by atoms with van der Waals surface area (Å²) in [6.07, 6.45) is 1.41. The fourth-order valence-electron chi connectivity index (χ4n) is 3.86. The van der Waals surface area contributed by atoms with E-state index in [-0.39, 0.29) is 48.3 Å². The molecular weight excluding hydrogens is 470 g/mol. The molecule has 0 unspecified atom stereocenters. The average Bonchev–Trinajstić information content (AvgIpc) is 3.42. The normalized spacial score (nSPS) is 14.9. The van der Waals surface area contributed by atoms with Crippen molar-refractivity contribution in [3.63, 3.8) is 0 Å². The second-order valence-corrected chi connectivity index (χ2v) is 10.2. The molecule has 1 fully saturated rings. The molecule has 2 heterocycles. The highest BCUT2D eigenvalue weighted by molar-refractivity contribution is 7.92. The Morgan fingerprint density at radius 3 is 2.20 bits per heavy atom. The van der Waals surface area contributed by atoms with E-state index in [4.69, 9.17) is 4.42 Å². The first kappa shape index (κ1) is 24.2. The Labute approximate surface area is 203 Å². The topological polar surface area (TPSA) is 117 Å². The van der Waals surface area contributed by atoms with E-state index in [9.17, 15) is 22.8 Å². The summed E-state index contributed by atoms with van der Waals surface area (Å²) in [6.45, 7) is 2.45. The van der Waals surface area contributed by atoms with E-state index in [1.807, 2.05) is 13.0 Å². The van der Waals surface area contributed by atoms with Gasteiger partial charge in [0.05, 0.1) is 11.2 Å². The molecule has 0 radical (unpaired) electrons. The van der Waals surface area contributed by atoms with Crippen molar-refractivity contribution < 1.29 is 27.2 Å². The summed E-state index contributed by atoms with van der Waals surface area (Å²) in [6, 6.07) is 17.4. The molecule has 0 bridgehead atoms. The first-order valence-electron chi connectivity index (χ1n) is 11.1. The number of aryl methyl sites for hydroxylation is 1. The van der Waals surface area contributed by atoms with Crippen molar-refractivity contribution in [2.45, 2.75) is 17.2 Å². The number of sulfone groups is 1. The zero-order valence-corrected chi connectivity index (χ0v) is 19.9. The second-order valence-electron chi connectivity index (χ2n) is 8.18. The molecule has 10 heteroatoms. The van der Waals surface area contributed by atoms with Gasteiger partial charge in [-0.25, -0.2) is 8.42 Å². The van der Waals surface area contributed by atoms with Crippen molar-refractivity contribution >= 4 is 27.6 Å². The number of rotatable bonds is 6. The molecule has 1 aliphatic rings. The van der Waals surface area contributed by atoms with Gasteiger partial charge in [-0.1, -0.05) is 35.9 Å². The Bertz CT molecular complexity index is 1310. The molecule has 9 nitrogen and oxygen atoms in total. The highest BCUT2D eigenvalue weighted by Crippen LogP contribution is 2.19. The van der Waals surface area contributed by atoms with Gasteiger partial charge in [-0.3, -0.25) is 14.4 Å². The Balaban J connectivity index is 1.55. The fourth-order valence-corrected chi connectivity index (χ4v) is 5.34. The number of piperazine rings is 1. The molecule has 0 spiro atoms. The average molecular weight is 496 g/mol. The maximum absolute atomic E-state index is 13.5. The van der Waals surface area contributed by atoms with Crippen LogP contribution in [-0.4, -0.2) is 67.5 Å². The molecule has 1 atom stereocenters. The minimum Gasteiger partial charge on any atom is -0.459 e. The summed E-state index contributed by atoms with van der Waals surface area (Å²) in [5, 5.41) is 0.624. The third-order valence-corrected chi connectivity index (χ3v) is 7.63. The fraction of sp³-hybridized carbons (Fsp3) is 0.240. The molecule has 1 aliphatic heterocycles. The van der Waals surface area contributed by atoms with Crippen molar-refractivity contribution in [2.24, 2.45) is 0 Å². The van der Waals surface area contributed by atoms with Crippen LogP contribution >= 0.6 is 0 Å². The summed E-state index contributed by atoms with van der Waals surface area (Å²) in [5.74, 6) is -1.53. The zero-order valence-electron chi connectivity index (χ0n) is 19.1. The van der Waals surface area contributed by atoms with Crippen LogP contribution in [0.25, 0.3) is 0 Å². The SMILES string of the molecule is Cc1cccc(C(=O)N[C@@H](C(=O)N2CCN(C(=O)c3ccco3)CC2)S(=O)(=O)c2ccccc2)c1. The molecule has 1 aromatic heterocycles. The van der Waals surface area contributed by atoms with Gasteiger partial charge in [-0.15, -0.1) is 0 Å². The molecule has 182 valence electrons. The van der Waals surface area contributed by atoms with E-state index in [2.05, 4.69) is 5.32 Å². The number of hydrogen-bond acceptors (Lipinski definition) is 6. The third kappa shape index (κ3) is 5.27. The summed E-state index contributed by atoms with van der Waals surface area (Å²) in [7, 11) is -4.25. The predicted octanol–water partition coefficient (Wildman–Crippen LogP) is 2.10. The number of hydrogen-bond donors (Lipinski definition) is 1. The number of carbonyl (C=O) groups excluding carboxylic acids is 3. The van der Waals surface area contributed by atoms with Gasteiger partial charge in [0.15, 0.2) is 5.76 Å². The lowest BCUT2D eigenvalue weighted by Crippen LogP contribution is -2.57. The molecule has 3 aromatic rings. The highest BCUT2D eigenvalue weighted by Gasteiger charge is 2.39. The maximum atomic E-state index is 13.5. The monoisotopic (exact) mass is 495 g/mol. The van der Waals surface area contributed by atoms with Crippen molar-refractivity contribution in [3.05, 3.63) is 89.9 Å². The van der Waals surface area contributed by atoms with Gasteiger partial charge in [0, 0.05) is 31.7 Å². The quantitative estimate of drug-likeness (QED) is 0.560. The largest absolute Gasteiger partial charge is 0.459 e. The number of furan rings is 1. The molecule has 1 N–H and O–H groups in total. The summed E-state index contributed by atoms with van der Waals surface area (Å²) in [4.78, 5) is 41.7. The van der Waals surface area contributed by atoms with Crippen LogP contribution < -0.4 is 5.32 Å². The van der Waals surface area contributed by atoms with Crippen LogP contribution in [0.4, 0.5) is 0 Å². The first-order chi connectivity index (χ1) is 16.8. The molecular formula is C25H25N3O6S. The molecule has 0 aliphatic carbocycles. The molecule has 2 aromatic carbocycles. The Hall–Kier alpha value is -3.92. The Kier molecular flexibility index (Phi) is 7.02. The van der Waals surface area contributed by atoms with Crippen LogP contribution in [0.15, 0.2) is 82.3 Å². The Morgan fingerprint density at radius 1 is 0.886 bits per heavy atom. The number of amides is 3. The molecule has 3 amide bonds. The highest BCUT2D eigenvalue weighted by atomic mass is 32.2. The van der Waals surface area contributed by atoms with E-state index >= 15 is 0 Å². The van der Waals surface area contributed by atoms with Crippen LogP contribution in [0.3, 0.4) is 0 Å². The minimum absolute atomic E-state index is 0.0745. The summed E-state index contributed by atoms with van der Waals surface area (Å²) in [5.41, 5.74) is 1.07. The van der Waals surface area contributed by atoms with Crippen LogP contribution in [0.5, 0.6) is 0 Å². The zero-order chi connectivity index (χ0) is 25.0. The lowest BCUT2D eigenvalue weighted by molar-refractivity contribution is -0.132. The van der Waals surface area contributed by atoms with Crippen molar-refractivity contribution in [1.29, 1.82) is 0 Å². The first-order valence-corrected chi connectivity index (χ1v) is 12.6. The van der Waals surface area contributed by atoms with Crippen LogP contribution in [0.2, 0.25) is 0 Å². The minimum atomic E-state index is -4.25. The van der Waals surface area contributed by atoms with E-state index in [1.54, 1.807) is 48.5 Å². The number of nitrogens with one attached hydrogen (secondary N) is 1. The van der Waals surface area contributed by atoms with E-state index in [0.717, 1.165) is 5.56 Å². The van der Waals surface area contributed by atoms with Gasteiger partial charge in [-0.2, -0.15) is 0 Å². The van der Waals surface area contributed by atoms with Gasteiger partial charge in [-0.05, 0) is 43.3 Å². The maximum Gasteiger partial charge on any atom is 0.289 e. The molecule has 1 saturated heterocycles. The van der Waals surface area contributed by atoms with Gasteiger partial charge >= 0.3 is 0 Å². The smallest absolute Gasteiger partial charge is 0.289 e. The lowest BCUT2D eigenvalue weighted by atomic mass is 10.1. The number of benzene rings is 2. The molecule has 4 rings (SSSR count). The van der Waals surface area contributed by atoms with Crippen molar-refractivity contribution in [3.8, 4) is 0 Å². The van der Waals surface area contributed by atoms with Gasteiger partial charge < -0.3 is 19.5 Å². The van der Waals surface area contributed by atoms with Crippen molar-refractivity contribution in [2.75, 3.05) is 26.2 Å². The molecule has 35 heavy (non-hydrogen) atoms. The van der Waals surface area contributed by atoms with Gasteiger partial charge in [0.25, 0.3) is 17.7 Å². The second kappa shape index (κ2) is 10.1. The van der Waals surface area contributed by atoms with E-state index in [0.29, 0.717) is 0 Å². The van der Waals surface area contributed by atoms with Gasteiger partial charge in [0.1, 0.15) is 0 Å². The summed E-state index contributed by atoms with van der Waals surface area (Å²) < 4.78 is 32.0. The van der Waals surface area contributed by atoms with E-state index < -0.39 is 27.0 Å².